The largest absolute Gasteiger partial charge is 0.326 e. The molecule has 0 atom stereocenters. The maximum atomic E-state index is 12.3. The van der Waals surface area contributed by atoms with Gasteiger partial charge >= 0.3 is 0 Å². The molecule has 0 saturated heterocycles. The molecule has 0 fully saturated rings. The van der Waals surface area contributed by atoms with Crippen LogP contribution in [0.1, 0.15) is 44.1 Å². The number of aromatic nitrogens is 2. The molecule has 2 amide bonds. The van der Waals surface area contributed by atoms with E-state index in [0.29, 0.717) is 35.2 Å². The van der Waals surface area contributed by atoms with Crippen LogP contribution in [-0.4, -0.2) is 21.6 Å². The second-order valence-electron chi connectivity index (χ2n) is 7.15. The number of halogens is 1. The van der Waals surface area contributed by atoms with Crippen molar-refractivity contribution >= 4 is 34.8 Å². The van der Waals surface area contributed by atoms with Gasteiger partial charge in [0.15, 0.2) is 0 Å². The second kappa shape index (κ2) is 9.04. The lowest BCUT2D eigenvalue weighted by Crippen LogP contribution is -2.13. The summed E-state index contributed by atoms with van der Waals surface area (Å²) >= 11 is 6.14. The van der Waals surface area contributed by atoms with Crippen LogP contribution in [0.4, 0.5) is 11.4 Å². The third-order valence-corrected chi connectivity index (χ3v) is 4.55. The molecule has 0 unspecified atom stereocenters. The Hall–Kier alpha value is -2.34. The number of hydrogen-bond donors (Lipinski definition) is 2. The summed E-state index contributed by atoms with van der Waals surface area (Å²) in [5, 5.41) is 10.5. The first-order valence-electron chi connectivity index (χ1n) is 9.07. The zero-order valence-corrected chi connectivity index (χ0v) is 17.3. The van der Waals surface area contributed by atoms with E-state index in [1.807, 2.05) is 11.6 Å². The molecule has 27 heavy (non-hydrogen) atoms. The van der Waals surface area contributed by atoms with Crippen LogP contribution >= 0.6 is 11.6 Å². The van der Waals surface area contributed by atoms with Crippen LogP contribution in [0.5, 0.6) is 0 Å². The third kappa shape index (κ3) is 5.82. The summed E-state index contributed by atoms with van der Waals surface area (Å²) in [5.74, 6) is 0.232. The molecule has 0 radical (unpaired) electrons. The lowest BCUT2D eigenvalue weighted by Gasteiger charge is -2.10. The molecular formula is C20H27ClN4O2. The average Bonchev–Trinajstić information content (AvgIpc) is 2.81. The van der Waals surface area contributed by atoms with Crippen molar-refractivity contribution in [3.63, 3.8) is 0 Å². The van der Waals surface area contributed by atoms with Crippen molar-refractivity contribution in [3.05, 3.63) is 40.2 Å². The molecule has 2 N–H and O–H groups in total. The van der Waals surface area contributed by atoms with Gasteiger partial charge in [-0.15, -0.1) is 0 Å². The first-order valence-corrected chi connectivity index (χ1v) is 9.45. The van der Waals surface area contributed by atoms with Crippen molar-refractivity contribution in [3.8, 4) is 0 Å². The Labute approximate surface area is 165 Å². The van der Waals surface area contributed by atoms with Crippen LogP contribution in [-0.2, 0) is 22.6 Å². The SMILES string of the molecule is CC(=O)Nc1ccc(NC(=O)CCc2c(C)nn(CC(C)C)c2C)cc1Cl. The van der Waals surface area contributed by atoms with Gasteiger partial charge in [0, 0.05) is 31.3 Å². The Morgan fingerprint density at radius 3 is 2.52 bits per heavy atom. The third-order valence-electron chi connectivity index (χ3n) is 4.24. The summed E-state index contributed by atoms with van der Waals surface area (Å²) in [4.78, 5) is 23.4. The number of hydrogen-bond acceptors (Lipinski definition) is 3. The highest BCUT2D eigenvalue weighted by Gasteiger charge is 2.14. The van der Waals surface area contributed by atoms with Gasteiger partial charge in [-0.3, -0.25) is 14.3 Å². The highest BCUT2D eigenvalue weighted by atomic mass is 35.5. The van der Waals surface area contributed by atoms with Crippen molar-refractivity contribution in [2.75, 3.05) is 10.6 Å². The Kier molecular flexibility index (Phi) is 7.02. The lowest BCUT2D eigenvalue weighted by molar-refractivity contribution is -0.116. The number of aryl methyl sites for hydroxylation is 1. The molecule has 1 aromatic heterocycles. The number of benzene rings is 1. The molecule has 146 valence electrons. The standard InChI is InChI=1S/C20H27ClN4O2/c1-12(2)11-25-14(4)17(13(3)24-25)7-9-20(27)23-16-6-8-19(18(21)10-16)22-15(5)26/h6,8,10,12H,7,9,11H2,1-5H3,(H,22,26)(H,23,27). The molecular weight excluding hydrogens is 364 g/mol. The maximum Gasteiger partial charge on any atom is 0.224 e. The van der Waals surface area contributed by atoms with Crippen LogP contribution < -0.4 is 10.6 Å². The van der Waals surface area contributed by atoms with Crippen LogP contribution in [0, 0.1) is 19.8 Å². The number of carbonyl (C=O) groups is 2. The molecule has 0 bridgehead atoms. The molecule has 0 saturated carbocycles. The lowest BCUT2D eigenvalue weighted by atomic mass is 10.1. The molecule has 1 aromatic carbocycles. The summed E-state index contributed by atoms with van der Waals surface area (Å²) in [6, 6.07) is 5.01. The van der Waals surface area contributed by atoms with Crippen molar-refractivity contribution in [2.45, 2.75) is 54.0 Å². The summed E-state index contributed by atoms with van der Waals surface area (Å²) in [5.41, 5.74) is 4.35. The van der Waals surface area contributed by atoms with E-state index in [4.69, 9.17) is 11.6 Å². The van der Waals surface area contributed by atoms with E-state index < -0.39 is 0 Å². The first-order chi connectivity index (χ1) is 12.7. The zero-order chi connectivity index (χ0) is 20.1. The average molecular weight is 391 g/mol. The normalized spacial score (nSPS) is 10.9. The zero-order valence-electron chi connectivity index (χ0n) is 16.5. The molecule has 0 aliphatic carbocycles. The Morgan fingerprint density at radius 1 is 1.22 bits per heavy atom. The molecule has 0 aliphatic rings. The fourth-order valence-electron chi connectivity index (χ4n) is 2.97. The Bertz CT molecular complexity index is 843. The van der Waals surface area contributed by atoms with Gasteiger partial charge in [-0.2, -0.15) is 5.10 Å². The van der Waals surface area contributed by atoms with E-state index >= 15 is 0 Å². The monoisotopic (exact) mass is 390 g/mol. The smallest absolute Gasteiger partial charge is 0.224 e. The minimum Gasteiger partial charge on any atom is -0.326 e. The van der Waals surface area contributed by atoms with E-state index in [1.165, 1.54) is 6.92 Å². The number of rotatable bonds is 7. The molecule has 2 aromatic rings. The molecule has 7 heteroatoms. The van der Waals surface area contributed by atoms with E-state index in [0.717, 1.165) is 23.5 Å². The summed E-state index contributed by atoms with van der Waals surface area (Å²) in [6.45, 7) is 10.6. The number of nitrogens with zero attached hydrogens (tertiary/aromatic N) is 2. The fourth-order valence-corrected chi connectivity index (χ4v) is 3.19. The van der Waals surface area contributed by atoms with E-state index in [9.17, 15) is 9.59 Å². The van der Waals surface area contributed by atoms with Gasteiger partial charge in [-0.05, 0) is 49.9 Å². The number of carbonyl (C=O) groups excluding carboxylic acids is 2. The number of nitrogens with one attached hydrogen (secondary N) is 2. The predicted octanol–water partition coefficient (Wildman–Crippen LogP) is 4.34. The van der Waals surface area contributed by atoms with E-state index in [2.05, 4.69) is 36.5 Å². The molecule has 6 nitrogen and oxygen atoms in total. The van der Waals surface area contributed by atoms with Crippen molar-refractivity contribution < 1.29 is 9.59 Å². The molecule has 1 heterocycles. The van der Waals surface area contributed by atoms with Gasteiger partial charge in [0.25, 0.3) is 0 Å². The summed E-state index contributed by atoms with van der Waals surface area (Å²) < 4.78 is 2.02. The van der Waals surface area contributed by atoms with Gasteiger partial charge in [0.1, 0.15) is 0 Å². The minimum absolute atomic E-state index is 0.0891. The fraction of sp³-hybridized carbons (Fsp3) is 0.450. The Balaban J connectivity index is 1.98. The topological polar surface area (TPSA) is 76.0 Å². The molecule has 0 spiro atoms. The second-order valence-corrected chi connectivity index (χ2v) is 7.56. The van der Waals surface area contributed by atoms with E-state index in [1.54, 1.807) is 18.2 Å². The van der Waals surface area contributed by atoms with Crippen molar-refractivity contribution in [1.82, 2.24) is 9.78 Å². The maximum absolute atomic E-state index is 12.3. The van der Waals surface area contributed by atoms with Crippen molar-refractivity contribution in [1.29, 1.82) is 0 Å². The highest BCUT2D eigenvalue weighted by molar-refractivity contribution is 6.34. The van der Waals surface area contributed by atoms with Gasteiger partial charge in [-0.25, -0.2) is 0 Å². The summed E-state index contributed by atoms with van der Waals surface area (Å²) in [6.07, 6.45) is 0.999. The first kappa shape index (κ1) is 21.0. The van der Waals surface area contributed by atoms with Gasteiger partial charge in [0.05, 0.1) is 16.4 Å². The van der Waals surface area contributed by atoms with Gasteiger partial charge in [-0.1, -0.05) is 25.4 Å². The molecule has 0 aliphatic heterocycles. The minimum atomic E-state index is -0.197. The number of amides is 2. The highest BCUT2D eigenvalue weighted by Crippen LogP contribution is 2.25. The van der Waals surface area contributed by atoms with Crippen LogP contribution in [0.15, 0.2) is 18.2 Å². The van der Waals surface area contributed by atoms with Crippen LogP contribution in [0.2, 0.25) is 5.02 Å². The molecule has 2 rings (SSSR count). The number of anilines is 2. The van der Waals surface area contributed by atoms with Gasteiger partial charge in [0.2, 0.25) is 11.8 Å². The summed E-state index contributed by atoms with van der Waals surface area (Å²) in [7, 11) is 0. The van der Waals surface area contributed by atoms with Gasteiger partial charge < -0.3 is 10.6 Å². The van der Waals surface area contributed by atoms with Crippen LogP contribution in [0.25, 0.3) is 0 Å². The Morgan fingerprint density at radius 2 is 1.93 bits per heavy atom. The predicted molar refractivity (Wildman–Crippen MR) is 109 cm³/mol. The van der Waals surface area contributed by atoms with Crippen molar-refractivity contribution in [2.24, 2.45) is 5.92 Å². The van der Waals surface area contributed by atoms with Crippen LogP contribution in [0.3, 0.4) is 0 Å². The van der Waals surface area contributed by atoms with E-state index in [-0.39, 0.29) is 11.8 Å². The quantitative estimate of drug-likeness (QED) is 0.738.